The van der Waals surface area contributed by atoms with Crippen LogP contribution in [0, 0.1) is 0 Å². The molecule has 0 aliphatic heterocycles. The fourth-order valence-electron chi connectivity index (χ4n) is 2.99. The second-order valence-corrected chi connectivity index (χ2v) is 8.59. The number of rotatable bonds is 11. The SMILES string of the molecule is CCCOc1ccc(C(=O)Oc2ccc(/C=N/NC(=O)C(C)Oc3ccc(Cl)cc3Cl)cc2OC)cc1. The van der Waals surface area contributed by atoms with Crippen LogP contribution in [0.4, 0.5) is 0 Å². The molecule has 194 valence electrons. The lowest BCUT2D eigenvalue weighted by Crippen LogP contribution is -2.33. The van der Waals surface area contributed by atoms with Gasteiger partial charge in [-0.15, -0.1) is 0 Å². The number of amides is 1. The van der Waals surface area contributed by atoms with Gasteiger partial charge in [0.25, 0.3) is 5.91 Å². The van der Waals surface area contributed by atoms with E-state index in [0.29, 0.717) is 45.0 Å². The van der Waals surface area contributed by atoms with Crippen molar-refractivity contribution < 1.29 is 28.5 Å². The summed E-state index contributed by atoms with van der Waals surface area (Å²) in [4.78, 5) is 24.9. The molecule has 0 spiro atoms. The van der Waals surface area contributed by atoms with Crippen molar-refractivity contribution in [1.29, 1.82) is 0 Å². The van der Waals surface area contributed by atoms with Crippen LogP contribution in [0.25, 0.3) is 0 Å². The third-order valence-corrected chi connectivity index (χ3v) is 5.44. The number of carbonyl (C=O) groups is 2. The molecule has 8 nitrogen and oxygen atoms in total. The fraction of sp³-hybridized carbons (Fsp3) is 0.222. The van der Waals surface area contributed by atoms with Crippen molar-refractivity contribution in [2.24, 2.45) is 5.10 Å². The Hall–Kier alpha value is -3.75. The molecule has 0 aliphatic carbocycles. The Kier molecular flexibility index (Phi) is 10.2. The first kappa shape index (κ1) is 27.8. The van der Waals surface area contributed by atoms with E-state index >= 15 is 0 Å². The molecule has 3 rings (SSSR count). The quantitative estimate of drug-likeness (QED) is 0.139. The van der Waals surface area contributed by atoms with Gasteiger partial charge in [0.1, 0.15) is 11.5 Å². The van der Waals surface area contributed by atoms with Crippen LogP contribution < -0.4 is 24.4 Å². The molecule has 0 fully saturated rings. The van der Waals surface area contributed by atoms with Crippen LogP contribution in [0.1, 0.15) is 36.2 Å². The lowest BCUT2D eigenvalue weighted by atomic mass is 10.2. The minimum absolute atomic E-state index is 0.238. The van der Waals surface area contributed by atoms with E-state index in [4.69, 9.17) is 42.1 Å². The van der Waals surface area contributed by atoms with E-state index in [1.807, 2.05) is 6.92 Å². The molecule has 3 aromatic rings. The summed E-state index contributed by atoms with van der Waals surface area (Å²) < 4.78 is 21.9. The van der Waals surface area contributed by atoms with Crippen LogP contribution >= 0.6 is 23.2 Å². The summed E-state index contributed by atoms with van der Waals surface area (Å²) in [6, 6.07) is 16.3. The highest BCUT2D eigenvalue weighted by Gasteiger charge is 2.16. The van der Waals surface area contributed by atoms with Gasteiger partial charge in [0, 0.05) is 5.02 Å². The number of hydrazone groups is 1. The van der Waals surface area contributed by atoms with Gasteiger partial charge in [-0.25, -0.2) is 10.2 Å². The van der Waals surface area contributed by atoms with Crippen LogP contribution in [0.15, 0.2) is 65.8 Å². The molecule has 1 N–H and O–H groups in total. The summed E-state index contributed by atoms with van der Waals surface area (Å²) in [5.74, 6) is 0.548. The van der Waals surface area contributed by atoms with Gasteiger partial charge in [-0.05, 0) is 79.6 Å². The van der Waals surface area contributed by atoms with E-state index in [1.165, 1.54) is 19.4 Å². The normalized spacial score (nSPS) is 11.6. The molecule has 0 saturated carbocycles. The van der Waals surface area contributed by atoms with E-state index in [2.05, 4.69) is 10.5 Å². The molecule has 1 unspecified atom stereocenters. The summed E-state index contributed by atoms with van der Waals surface area (Å²) in [6.45, 7) is 4.18. The van der Waals surface area contributed by atoms with E-state index in [0.717, 1.165) is 6.42 Å². The second kappa shape index (κ2) is 13.5. The number of carbonyl (C=O) groups excluding carboxylic acids is 2. The van der Waals surface area contributed by atoms with Gasteiger partial charge in [-0.2, -0.15) is 5.10 Å². The Bertz CT molecular complexity index is 1260. The van der Waals surface area contributed by atoms with Crippen molar-refractivity contribution in [2.75, 3.05) is 13.7 Å². The molecule has 0 aromatic heterocycles. The molecule has 0 radical (unpaired) electrons. The maximum atomic E-state index is 12.6. The molecule has 37 heavy (non-hydrogen) atoms. The van der Waals surface area contributed by atoms with Gasteiger partial charge in [-0.3, -0.25) is 4.79 Å². The predicted molar refractivity (Wildman–Crippen MR) is 142 cm³/mol. The Morgan fingerprint density at radius 1 is 1.00 bits per heavy atom. The molecular formula is C27H26Cl2N2O6. The molecular weight excluding hydrogens is 519 g/mol. The van der Waals surface area contributed by atoms with Crippen LogP contribution in [-0.4, -0.2) is 37.9 Å². The van der Waals surface area contributed by atoms with Crippen LogP contribution in [0.5, 0.6) is 23.0 Å². The number of ether oxygens (including phenoxy) is 4. The molecule has 3 aromatic carbocycles. The van der Waals surface area contributed by atoms with Gasteiger partial charge in [-0.1, -0.05) is 30.1 Å². The maximum absolute atomic E-state index is 12.6. The smallest absolute Gasteiger partial charge is 0.343 e. The van der Waals surface area contributed by atoms with Crippen molar-refractivity contribution in [3.8, 4) is 23.0 Å². The lowest BCUT2D eigenvalue weighted by molar-refractivity contribution is -0.127. The number of nitrogens with zero attached hydrogens (tertiary/aromatic N) is 1. The molecule has 1 atom stereocenters. The molecule has 0 heterocycles. The zero-order valence-corrected chi connectivity index (χ0v) is 22.0. The minimum Gasteiger partial charge on any atom is -0.494 e. The highest BCUT2D eigenvalue weighted by molar-refractivity contribution is 6.35. The Balaban J connectivity index is 1.58. The van der Waals surface area contributed by atoms with Gasteiger partial charge in [0.05, 0.1) is 30.5 Å². The largest absolute Gasteiger partial charge is 0.494 e. The van der Waals surface area contributed by atoms with Gasteiger partial charge >= 0.3 is 5.97 Å². The van der Waals surface area contributed by atoms with Gasteiger partial charge in [0.15, 0.2) is 17.6 Å². The number of hydrogen-bond donors (Lipinski definition) is 1. The molecule has 0 aliphatic rings. The summed E-state index contributed by atoms with van der Waals surface area (Å²) in [5.41, 5.74) is 3.38. The van der Waals surface area contributed by atoms with Crippen molar-refractivity contribution in [3.63, 3.8) is 0 Å². The van der Waals surface area contributed by atoms with Gasteiger partial charge < -0.3 is 18.9 Å². The highest BCUT2D eigenvalue weighted by atomic mass is 35.5. The number of methoxy groups -OCH3 is 1. The molecule has 0 bridgehead atoms. The fourth-order valence-corrected chi connectivity index (χ4v) is 3.44. The Morgan fingerprint density at radius 2 is 1.73 bits per heavy atom. The van der Waals surface area contributed by atoms with E-state index in [-0.39, 0.29) is 5.75 Å². The Labute approximate surface area is 225 Å². The average Bonchev–Trinajstić information content (AvgIpc) is 2.89. The van der Waals surface area contributed by atoms with Crippen molar-refractivity contribution >= 4 is 41.3 Å². The summed E-state index contributed by atoms with van der Waals surface area (Å²) in [7, 11) is 1.45. The zero-order chi connectivity index (χ0) is 26.8. The molecule has 1 amide bonds. The van der Waals surface area contributed by atoms with Crippen LogP contribution in [0.3, 0.4) is 0 Å². The number of nitrogens with one attached hydrogen (secondary N) is 1. The highest BCUT2D eigenvalue weighted by Crippen LogP contribution is 2.29. The second-order valence-electron chi connectivity index (χ2n) is 7.74. The van der Waals surface area contributed by atoms with Crippen LogP contribution in [0.2, 0.25) is 10.0 Å². The first-order chi connectivity index (χ1) is 17.8. The first-order valence-corrected chi connectivity index (χ1v) is 12.1. The van der Waals surface area contributed by atoms with E-state index in [1.54, 1.807) is 61.5 Å². The standard InChI is InChI=1S/C27H26Cl2N2O6/c1-4-13-35-21-9-6-19(7-10-21)27(33)37-24-11-5-18(14-25(24)34-3)16-30-31-26(32)17(2)36-23-12-8-20(28)15-22(23)29/h5-12,14-17H,4,13H2,1-3H3,(H,31,32)/b30-16+. The summed E-state index contributed by atoms with van der Waals surface area (Å²) in [5, 5.41) is 4.70. The molecule has 10 heteroatoms. The monoisotopic (exact) mass is 544 g/mol. The van der Waals surface area contributed by atoms with E-state index < -0.39 is 18.0 Å². The van der Waals surface area contributed by atoms with Crippen molar-refractivity contribution in [3.05, 3.63) is 81.8 Å². The Morgan fingerprint density at radius 3 is 2.41 bits per heavy atom. The van der Waals surface area contributed by atoms with E-state index in [9.17, 15) is 9.59 Å². The third kappa shape index (κ3) is 8.13. The van der Waals surface area contributed by atoms with Crippen LogP contribution in [-0.2, 0) is 4.79 Å². The van der Waals surface area contributed by atoms with Crippen molar-refractivity contribution in [2.45, 2.75) is 26.4 Å². The summed E-state index contributed by atoms with van der Waals surface area (Å²) >= 11 is 11.9. The average molecular weight is 545 g/mol. The maximum Gasteiger partial charge on any atom is 0.343 e. The summed E-state index contributed by atoms with van der Waals surface area (Å²) in [6.07, 6.45) is 1.45. The number of hydrogen-bond acceptors (Lipinski definition) is 7. The number of benzene rings is 3. The first-order valence-electron chi connectivity index (χ1n) is 11.4. The molecule has 0 saturated heterocycles. The van der Waals surface area contributed by atoms with Crippen molar-refractivity contribution in [1.82, 2.24) is 5.43 Å². The number of esters is 1. The predicted octanol–water partition coefficient (Wildman–Crippen LogP) is 5.93. The lowest BCUT2D eigenvalue weighted by Gasteiger charge is -2.14. The minimum atomic E-state index is -0.862. The number of halogens is 2. The zero-order valence-electron chi connectivity index (χ0n) is 20.5. The topological polar surface area (TPSA) is 95.5 Å². The third-order valence-electron chi connectivity index (χ3n) is 4.91. The van der Waals surface area contributed by atoms with Gasteiger partial charge in [0.2, 0.25) is 0 Å².